The van der Waals surface area contributed by atoms with Crippen LogP contribution < -0.4 is 37.2 Å². The van der Waals surface area contributed by atoms with Crippen LogP contribution in [0.5, 0.6) is 0 Å². The van der Waals surface area contributed by atoms with Crippen LogP contribution in [-0.2, 0) is 21.7 Å². The Labute approximate surface area is 64.3 Å². The van der Waals surface area contributed by atoms with Crippen LogP contribution in [0.3, 0.4) is 0 Å². The Bertz CT molecular complexity index is 6.85. The average molecular weight is 172 g/mol. The minimum Gasteiger partial charge on any atom is -1.00 e. The summed E-state index contributed by atoms with van der Waals surface area (Å²) in [6.07, 6.45) is 0. The Morgan fingerprint density at radius 2 is 0.600 bits per heavy atom. The van der Waals surface area contributed by atoms with Gasteiger partial charge in [-0.25, -0.2) is 0 Å². The Hall–Kier alpha value is 1.54. The Kier molecular flexibility index (Phi) is 810. The molecule has 0 unspecified atom stereocenters. The fourth-order valence-corrected chi connectivity index (χ4v) is 0. The van der Waals surface area contributed by atoms with Gasteiger partial charge in [-0.2, -0.15) is 0 Å². The zero-order valence-electron chi connectivity index (χ0n) is 2.13. The van der Waals surface area contributed by atoms with E-state index < -0.39 is 0 Å². The maximum absolute atomic E-state index is 0. The molecule has 0 amide bonds. The van der Waals surface area contributed by atoms with Crippen molar-refractivity contribution in [3.8, 4) is 0 Å². The molecule has 0 aliphatic rings. The molecular weight excluding hydrogens is 170 g/mol. The van der Waals surface area contributed by atoms with Crippen LogP contribution in [0.15, 0.2) is 0 Å². The van der Waals surface area contributed by atoms with Gasteiger partial charge in [0.1, 0.15) is 0 Å². The second kappa shape index (κ2) is 48.0. The first kappa shape index (κ1) is 84.4. The molecule has 0 atom stereocenters. The summed E-state index contributed by atoms with van der Waals surface area (Å²) in [7, 11) is 0. The van der Waals surface area contributed by atoms with Crippen LogP contribution in [0, 0.1) is 0 Å². The second-order valence-electron chi connectivity index (χ2n) is 0. The van der Waals surface area contributed by atoms with Crippen molar-refractivity contribution in [3.63, 3.8) is 0 Å². The van der Waals surface area contributed by atoms with Gasteiger partial charge in [-0.3, -0.25) is 0 Å². The van der Waals surface area contributed by atoms with Crippen LogP contribution in [0.25, 0.3) is 0 Å². The van der Waals surface area contributed by atoms with E-state index in [4.69, 9.17) is 0 Å². The standard InChI is InChI=1S/3ClH.H2O.Ti/h3*1H;1H2;/q;;;;+3/p-3. The summed E-state index contributed by atoms with van der Waals surface area (Å²) in [5.41, 5.74) is 0. The van der Waals surface area contributed by atoms with Crippen molar-refractivity contribution in [3.05, 3.63) is 0 Å². The maximum Gasteiger partial charge on any atom is 3.00 e. The molecule has 1 radical (unpaired) electrons. The summed E-state index contributed by atoms with van der Waals surface area (Å²) in [5.74, 6) is 0. The van der Waals surface area contributed by atoms with Gasteiger partial charge in [0.25, 0.3) is 0 Å². The van der Waals surface area contributed by atoms with E-state index >= 15 is 0 Å². The van der Waals surface area contributed by atoms with Crippen molar-refractivity contribution in [1.29, 1.82) is 0 Å². The van der Waals surface area contributed by atoms with Crippen molar-refractivity contribution in [2.45, 2.75) is 0 Å². The van der Waals surface area contributed by atoms with E-state index in [2.05, 4.69) is 0 Å². The molecule has 0 heterocycles. The van der Waals surface area contributed by atoms with Crippen LogP contribution in [0.1, 0.15) is 0 Å². The third-order valence-corrected chi connectivity index (χ3v) is 0. The van der Waals surface area contributed by atoms with Gasteiger partial charge in [0.15, 0.2) is 0 Å². The number of halogens is 3. The van der Waals surface area contributed by atoms with E-state index in [1.165, 1.54) is 0 Å². The summed E-state index contributed by atoms with van der Waals surface area (Å²) < 4.78 is 0. The fourth-order valence-electron chi connectivity index (χ4n) is 0. The summed E-state index contributed by atoms with van der Waals surface area (Å²) in [4.78, 5) is 0. The van der Waals surface area contributed by atoms with E-state index in [1.54, 1.807) is 0 Å². The molecule has 1 nitrogen and oxygen atoms in total. The Morgan fingerprint density at radius 3 is 0.600 bits per heavy atom. The molecule has 0 saturated carbocycles. The van der Waals surface area contributed by atoms with Gasteiger partial charge < -0.3 is 42.7 Å². The van der Waals surface area contributed by atoms with Gasteiger partial charge in [0, 0.05) is 0 Å². The first-order chi connectivity index (χ1) is 0. The number of hydrogen-bond donors (Lipinski definition) is 0. The summed E-state index contributed by atoms with van der Waals surface area (Å²) in [6.45, 7) is 0. The van der Waals surface area contributed by atoms with E-state index in [0.717, 1.165) is 0 Å². The van der Waals surface area contributed by atoms with Gasteiger partial charge in [0.2, 0.25) is 0 Å². The normalized spacial score (nSPS) is 0. The SMILES string of the molecule is O.[Cl-].[Cl-].[Cl-].[Ti+3]. The van der Waals surface area contributed by atoms with Crippen molar-refractivity contribution >= 4 is 0 Å². The molecule has 0 aromatic carbocycles. The molecule has 5 heteroatoms. The van der Waals surface area contributed by atoms with Crippen molar-refractivity contribution in [2.24, 2.45) is 0 Å². The Morgan fingerprint density at radius 1 is 0.600 bits per heavy atom. The molecule has 0 fully saturated rings. The summed E-state index contributed by atoms with van der Waals surface area (Å²) in [5, 5.41) is 0. The van der Waals surface area contributed by atoms with Crippen LogP contribution >= 0.6 is 0 Å². The molecular formula is H2Cl3OTi. The quantitative estimate of drug-likeness (QED) is 0.325. The van der Waals surface area contributed by atoms with Gasteiger partial charge in [-0.1, -0.05) is 0 Å². The van der Waals surface area contributed by atoms with Gasteiger partial charge in [0.05, 0.1) is 0 Å². The van der Waals surface area contributed by atoms with E-state index in [-0.39, 0.29) is 64.4 Å². The number of rotatable bonds is 0. The smallest absolute Gasteiger partial charge is 1.00 e. The molecule has 0 aliphatic carbocycles. The summed E-state index contributed by atoms with van der Waals surface area (Å²) >= 11 is 0. The first-order valence-electron chi connectivity index (χ1n) is 0. The van der Waals surface area contributed by atoms with Crippen LogP contribution in [-0.4, -0.2) is 5.48 Å². The molecule has 5 heavy (non-hydrogen) atoms. The molecule has 0 bridgehead atoms. The van der Waals surface area contributed by atoms with Gasteiger partial charge in [-0.05, 0) is 0 Å². The number of hydrogen-bond acceptors (Lipinski definition) is 0. The zero-order chi connectivity index (χ0) is 0. The largest absolute Gasteiger partial charge is 3.00 e. The monoisotopic (exact) mass is 171 g/mol. The molecule has 2 N–H and O–H groups in total. The molecule has 0 aromatic heterocycles. The topological polar surface area (TPSA) is 31.5 Å². The second-order valence-corrected chi connectivity index (χ2v) is 0. The van der Waals surface area contributed by atoms with Crippen molar-refractivity contribution in [2.75, 3.05) is 0 Å². The van der Waals surface area contributed by atoms with Crippen LogP contribution in [0.4, 0.5) is 0 Å². The van der Waals surface area contributed by atoms with Gasteiger partial charge >= 0.3 is 21.7 Å². The molecule has 0 aromatic rings. The fraction of sp³-hybridized carbons (Fsp3) is 0. The van der Waals surface area contributed by atoms with Crippen molar-refractivity contribution in [1.82, 2.24) is 0 Å². The van der Waals surface area contributed by atoms with E-state index in [1.807, 2.05) is 0 Å². The Balaban J connectivity index is 0. The molecule has 0 rings (SSSR count). The van der Waals surface area contributed by atoms with Crippen molar-refractivity contribution < 1.29 is 64.4 Å². The maximum atomic E-state index is 0. The third kappa shape index (κ3) is 29.2. The van der Waals surface area contributed by atoms with Crippen LogP contribution in [0.2, 0.25) is 0 Å². The predicted octanol–water partition coefficient (Wildman–Crippen LogP) is -9.82. The third-order valence-electron chi connectivity index (χ3n) is 0. The predicted molar refractivity (Wildman–Crippen MR) is 3.61 cm³/mol. The van der Waals surface area contributed by atoms with E-state index in [9.17, 15) is 0 Å². The zero-order valence-corrected chi connectivity index (χ0v) is 5.96. The molecule has 33 valence electrons. The van der Waals surface area contributed by atoms with E-state index in [0.29, 0.717) is 0 Å². The minimum absolute atomic E-state index is 0. The average Bonchev–Trinajstić information content (AvgIpc) is 0. The molecule has 0 saturated heterocycles. The first-order valence-corrected chi connectivity index (χ1v) is 0. The summed E-state index contributed by atoms with van der Waals surface area (Å²) in [6, 6.07) is 0. The molecule has 0 aliphatic heterocycles. The minimum atomic E-state index is 0. The molecule has 0 spiro atoms. The van der Waals surface area contributed by atoms with Gasteiger partial charge in [-0.15, -0.1) is 0 Å².